The molecule has 0 spiro atoms. The number of rotatable bonds is 6. The van der Waals surface area contributed by atoms with Crippen molar-refractivity contribution in [3.63, 3.8) is 0 Å². The Hall–Kier alpha value is -5.15. The summed E-state index contributed by atoms with van der Waals surface area (Å²) >= 11 is 0. The predicted octanol–water partition coefficient (Wildman–Crippen LogP) is 8.68. The molecule has 0 radical (unpaired) electrons. The van der Waals surface area contributed by atoms with Crippen LogP contribution < -0.4 is 0 Å². The van der Waals surface area contributed by atoms with Crippen molar-refractivity contribution in [3.05, 3.63) is 156 Å². The van der Waals surface area contributed by atoms with Gasteiger partial charge < -0.3 is 0 Å². The quantitative estimate of drug-likeness (QED) is 0.214. The summed E-state index contributed by atoms with van der Waals surface area (Å²) in [4.78, 5) is 22.8. The van der Waals surface area contributed by atoms with Crippen molar-refractivity contribution in [3.8, 4) is 44.8 Å². The summed E-state index contributed by atoms with van der Waals surface area (Å²) in [5.74, 6) is 0.00330. The standard InChI is InChI=1S/C36H26N2O/c1-25-9-6-14-30(19-25)36(39)33-23-31(26-10-7-12-28(20-26)34-15-2-4-17-37-34)22-32(24-33)27-11-8-13-29(21-27)35-16-3-5-18-38-35/h2-24H,1H3. The van der Waals surface area contributed by atoms with Crippen molar-refractivity contribution in [2.24, 2.45) is 0 Å². The largest absolute Gasteiger partial charge is 0.289 e. The van der Waals surface area contributed by atoms with E-state index >= 15 is 0 Å². The van der Waals surface area contributed by atoms with E-state index < -0.39 is 0 Å². The molecular formula is C36H26N2O. The first-order valence-electron chi connectivity index (χ1n) is 12.9. The number of carbonyl (C=O) groups excluding carboxylic acids is 1. The monoisotopic (exact) mass is 502 g/mol. The Balaban J connectivity index is 1.50. The molecule has 39 heavy (non-hydrogen) atoms. The van der Waals surface area contributed by atoms with Crippen molar-refractivity contribution in [1.82, 2.24) is 9.97 Å². The van der Waals surface area contributed by atoms with Crippen LogP contribution >= 0.6 is 0 Å². The minimum atomic E-state index is 0.00330. The lowest BCUT2D eigenvalue weighted by atomic mass is 9.91. The van der Waals surface area contributed by atoms with Crippen LogP contribution in [0.5, 0.6) is 0 Å². The summed E-state index contributed by atoms with van der Waals surface area (Å²) in [6, 6.07) is 42.3. The lowest BCUT2D eigenvalue weighted by Gasteiger charge is -2.13. The Morgan fingerprint density at radius 2 is 0.974 bits per heavy atom. The number of carbonyl (C=O) groups is 1. The lowest BCUT2D eigenvalue weighted by molar-refractivity contribution is 0.103. The molecule has 0 atom stereocenters. The normalized spacial score (nSPS) is 10.8. The summed E-state index contributed by atoms with van der Waals surface area (Å²) in [6.07, 6.45) is 3.60. The number of benzene rings is 4. The number of aryl methyl sites for hydroxylation is 1. The highest BCUT2D eigenvalue weighted by Gasteiger charge is 2.14. The topological polar surface area (TPSA) is 42.9 Å². The Bertz CT molecular complexity index is 1670. The van der Waals surface area contributed by atoms with Gasteiger partial charge in [-0.25, -0.2) is 0 Å². The van der Waals surface area contributed by atoms with E-state index in [1.807, 2.05) is 91.9 Å². The molecule has 0 aliphatic heterocycles. The maximum Gasteiger partial charge on any atom is 0.193 e. The summed E-state index contributed by atoms with van der Waals surface area (Å²) in [5.41, 5.74) is 10.3. The van der Waals surface area contributed by atoms with Crippen LogP contribution in [0.1, 0.15) is 21.5 Å². The van der Waals surface area contributed by atoms with E-state index in [0.717, 1.165) is 50.3 Å². The molecule has 0 saturated carbocycles. The average Bonchev–Trinajstić information content (AvgIpc) is 3.01. The Morgan fingerprint density at radius 3 is 1.49 bits per heavy atom. The molecule has 2 aromatic heterocycles. The Labute approximate surface area is 228 Å². The maximum absolute atomic E-state index is 13.7. The van der Waals surface area contributed by atoms with Crippen molar-refractivity contribution < 1.29 is 4.79 Å². The van der Waals surface area contributed by atoms with Crippen LogP contribution in [0.4, 0.5) is 0 Å². The molecule has 0 aliphatic rings. The molecule has 3 heteroatoms. The predicted molar refractivity (Wildman–Crippen MR) is 158 cm³/mol. The molecule has 0 fully saturated rings. The molecule has 0 N–H and O–H groups in total. The first-order chi connectivity index (χ1) is 19.1. The van der Waals surface area contributed by atoms with Gasteiger partial charge in [0.25, 0.3) is 0 Å². The third kappa shape index (κ3) is 5.29. The van der Waals surface area contributed by atoms with Gasteiger partial charge in [0.2, 0.25) is 0 Å². The van der Waals surface area contributed by atoms with Gasteiger partial charge in [-0.2, -0.15) is 0 Å². The number of hydrogen-bond donors (Lipinski definition) is 0. The van der Waals surface area contributed by atoms with Gasteiger partial charge in [-0.3, -0.25) is 14.8 Å². The molecular weight excluding hydrogens is 476 g/mol. The van der Waals surface area contributed by atoms with Gasteiger partial charge >= 0.3 is 0 Å². The van der Waals surface area contributed by atoms with Gasteiger partial charge in [0.15, 0.2) is 5.78 Å². The van der Waals surface area contributed by atoms with Crippen LogP contribution in [0.25, 0.3) is 44.8 Å². The molecule has 0 saturated heterocycles. The van der Waals surface area contributed by atoms with E-state index in [0.29, 0.717) is 11.1 Å². The van der Waals surface area contributed by atoms with Gasteiger partial charge in [0.1, 0.15) is 0 Å². The smallest absolute Gasteiger partial charge is 0.193 e. The molecule has 0 amide bonds. The second-order valence-corrected chi connectivity index (χ2v) is 9.59. The number of ketones is 1. The number of hydrogen-bond acceptors (Lipinski definition) is 3. The molecule has 2 heterocycles. The molecule has 6 rings (SSSR count). The van der Waals surface area contributed by atoms with Crippen LogP contribution in [0, 0.1) is 6.92 Å². The maximum atomic E-state index is 13.7. The minimum absolute atomic E-state index is 0.00330. The third-order valence-corrected chi connectivity index (χ3v) is 6.79. The zero-order valence-electron chi connectivity index (χ0n) is 21.6. The molecule has 0 bridgehead atoms. The molecule has 6 aromatic rings. The van der Waals surface area contributed by atoms with Crippen LogP contribution in [0.3, 0.4) is 0 Å². The second kappa shape index (κ2) is 10.7. The van der Waals surface area contributed by atoms with Gasteiger partial charge in [0, 0.05) is 34.6 Å². The zero-order valence-corrected chi connectivity index (χ0v) is 21.6. The van der Waals surface area contributed by atoms with E-state index in [1.54, 1.807) is 12.4 Å². The van der Waals surface area contributed by atoms with Crippen molar-refractivity contribution in [2.45, 2.75) is 6.92 Å². The second-order valence-electron chi connectivity index (χ2n) is 9.59. The van der Waals surface area contributed by atoms with Gasteiger partial charge in [-0.1, -0.05) is 72.3 Å². The molecule has 186 valence electrons. The SMILES string of the molecule is Cc1cccc(C(=O)c2cc(-c3cccc(-c4ccccn4)c3)cc(-c3cccc(-c4ccccn4)c3)c2)c1. The van der Waals surface area contributed by atoms with E-state index in [-0.39, 0.29) is 5.78 Å². The van der Waals surface area contributed by atoms with Crippen molar-refractivity contribution in [1.29, 1.82) is 0 Å². The van der Waals surface area contributed by atoms with E-state index in [4.69, 9.17) is 0 Å². The van der Waals surface area contributed by atoms with Gasteiger partial charge in [-0.05, 0) is 89.8 Å². The number of pyridine rings is 2. The van der Waals surface area contributed by atoms with Crippen molar-refractivity contribution in [2.75, 3.05) is 0 Å². The highest BCUT2D eigenvalue weighted by atomic mass is 16.1. The highest BCUT2D eigenvalue weighted by molar-refractivity contribution is 6.10. The summed E-state index contributed by atoms with van der Waals surface area (Å²) in [7, 11) is 0. The molecule has 3 nitrogen and oxygen atoms in total. The first-order valence-corrected chi connectivity index (χ1v) is 12.9. The summed E-state index contributed by atoms with van der Waals surface area (Å²) < 4.78 is 0. The van der Waals surface area contributed by atoms with E-state index in [1.165, 1.54) is 0 Å². The fraction of sp³-hybridized carbons (Fsp3) is 0.0278. The first kappa shape index (κ1) is 24.2. The molecule has 0 unspecified atom stereocenters. The minimum Gasteiger partial charge on any atom is -0.289 e. The van der Waals surface area contributed by atoms with Gasteiger partial charge in [0.05, 0.1) is 11.4 Å². The van der Waals surface area contributed by atoms with E-state index in [2.05, 4.69) is 52.4 Å². The molecule has 0 aliphatic carbocycles. The van der Waals surface area contributed by atoms with Crippen molar-refractivity contribution >= 4 is 5.78 Å². The summed E-state index contributed by atoms with van der Waals surface area (Å²) in [6.45, 7) is 2.00. The Morgan fingerprint density at radius 1 is 0.462 bits per heavy atom. The van der Waals surface area contributed by atoms with Crippen LogP contribution in [-0.4, -0.2) is 15.8 Å². The number of aromatic nitrogens is 2. The molecule has 4 aromatic carbocycles. The Kier molecular flexibility index (Phi) is 6.63. The fourth-order valence-electron chi connectivity index (χ4n) is 4.83. The van der Waals surface area contributed by atoms with Crippen LogP contribution in [0.15, 0.2) is 140 Å². The fourth-order valence-corrected chi connectivity index (χ4v) is 4.83. The number of nitrogens with zero attached hydrogens (tertiary/aromatic N) is 2. The zero-order chi connectivity index (χ0) is 26.6. The third-order valence-electron chi connectivity index (χ3n) is 6.79. The van der Waals surface area contributed by atoms with E-state index in [9.17, 15) is 4.79 Å². The average molecular weight is 503 g/mol. The highest BCUT2D eigenvalue weighted by Crippen LogP contribution is 2.33. The summed E-state index contributed by atoms with van der Waals surface area (Å²) in [5, 5.41) is 0. The lowest BCUT2D eigenvalue weighted by Crippen LogP contribution is -2.02. The van der Waals surface area contributed by atoms with Crippen LogP contribution in [-0.2, 0) is 0 Å². The van der Waals surface area contributed by atoms with Crippen LogP contribution in [0.2, 0.25) is 0 Å². The van der Waals surface area contributed by atoms with Gasteiger partial charge in [-0.15, -0.1) is 0 Å².